The molecule has 0 heterocycles. The molecule has 0 saturated carbocycles. The number of thioether (sulfide) groups is 1. The maximum Gasteiger partial charge on any atom is 0.305 e. The van der Waals surface area contributed by atoms with Crippen LogP contribution in [0.3, 0.4) is 0 Å². The lowest BCUT2D eigenvalue weighted by Crippen LogP contribution is -2.34. The second-order valence-corrected chi connectivity index (χ2v) is 4.33. The number of aliphatic carboxylic acids is 1. The first-order valence-electron chi connectivity index (χ1n) is 5.21. The predicted molar refractivity (Wildman–Crippen MR) is 66.6 cm³/mol. The maximum atomic E-state index is 11.7. The molecule has 1 amide bonds. The van der Waals surface area contributed by atoms with Crippen molar-refractivity contribution in [2.24, 2.45) is 0 Å². The molecule has 0 fully saturated rings. The summed E-state index contributed by atoms with van der Waals surface area (Å²) in [5.41, 5.74) is 0. The highest BCUT2D eigenvalue weighted by molar-refractivity contribution is 7.98. The lowest BCUT2D eigenvalue weighted by atomic mass is 10.2. The monoisotopic (exact) mass is 245 g/mol. The minimum atomic E-state index is -0.870. The summed E-state index contributed by atoms with van der Waals surface area (Å²) in [7, 11) is 0. The Balaban J connectivity index is 4.10. The highest BCUT2D eigenvalue weighted by atomic mass is 32.2. The number of carboxylic acid groups (broad SMARTS) is 1. The van der Waals surface area contributed by atoms with Crippen LogP contribution in [0.5, 0.6) is 0 Å². The van der Waals surface area contributed by atoms with Gasteiger partial charge in [0, 0.05) is 25.3 Å². The van der Waals surface area contributed by atoms with Crippen LogP contribution in [0.2, 0.25) is 0 Å². The fraction of sp³-hybridized carbons (Fsp3) is 0.636. The molecule has 16 heavy (non-hydrogen) atoms. The van der Waals surface area contributed by atoms with Crippen molar-refractivity contribution in [1.82, 2.24) is 4.90 Å². The zero-order chi connectivity index (χ0) is 12.4. The third kappa shape index (κ3) is 7.34. The first kappa shape index (κ1) is 15.0. The zero-order valence-electron chi connectivity index (χ0n) is 9.65. The third-order valence-electron chi connectivity index (χ3n) is 2.08. The van der Waals surface area contributed by atoms with Crippen molar-refractivity contribution in [2.75, 3.05) is 25.1 Å². The lowest BCUT2D eigenvalue weighted by Gasteiger charge is -2.21. The Hall–Kier alpha value is -0.970. The van der Waals surface area contributed by atoms with E-state index < -0.39 is 5.97 Å². The van der Waals surface area contributed by atoms with Crippen LogP contribution in [-0.4, -0.2) is 47.0 Å². The van der Waals surface area contributed by atoms with Gasteiger partial charge in [-0.05, 0) is 12.7 Å². The third-order valence-corrected chi connectivity index (χ3v) is 2.67. The van der Waals surface area contributed by atoms with Gasteiger partial charge in [-0.25, -0.2) is 0 Å². The normalized spacial score (nSPS) is 9.81. The largest absolute Gasteiger partial charge is 0.481 e. The molecule has 0 aliphatic rings. The fourth-order valence-electron chi connectivity index (χ4n) is 1.18. The Bertz CT molecular complexity index is 243. The van der Waals surface area contributed by atoms with E-state index in [4.69, 9.17) is 5.11 Å². The molecule has 0 aromatic heterocycles. The van der Waals surface area contributed by atoms with Crippen molar-refractivity contribution < 1.29 is 14.7 Å². The van der Waals surface area contributed by atoms with Gasteiger partial charge in [0.05, 0.1) is 6.42 Å². The SMILES string of the molecule is C=CCCC(=O)N(CCSC)CCC(=O)O. The van der Waals surface area contributed by atoms with Crippen LogP contribution in [0.15, 0.2) is 12.7 Å². The van der Waals surface area contributed by atoms with Crippen LogP contribution in [0, 0.1) is 0 Å². The summed E-state index contributed by atoms with van der Waals surface area (Å²) in [6.45, 7) is 4.47. The van der Waals surface area contributed by atoms with Gasteiger partial charge in [0.15, 0.2) is 0 Å². The fourth-order valence-corrected chi connectivity index (χ4v) is 1.58. The number of nitrogens with zero attached hydrogens (tertiary/aromatic N) is 1. The van der Waals surface area contributed by atoms with Crippen molar-refractivity contribution >= 4 is 23.6 Å². The molecule has 0 aromatic rings. The van der Waals surface area contributed by atoms with Crippen LogP contribution in [-0.2, 0) is 9.59 Å². The molecule has 0 spiro atoms. The molecule has 0 aliphatic carbocycles. The van der Waals surface area contributed by atoms with E-state index in [0.29, 0.717) is 25.9 Å². The molecule has 1 N–H and O–H groups in total. The van der Waals surface area contributed by atoms with Crippen LogP contribution < -0.4 is 0 Å². The maximum absolute atomic E-state index is 11.7. The number of carbonyl (C=O) groups excluding carboxylic acids is 1. The van der Waals surface area contributed by atoms with Crippen molar-refractivity contribution in [3.8, 4) is 0 Å². The molecule has 0 bridgehead atoms. The van der Waals surface area contributed by atoms with Gasteiger partial charge < -0.3 is 10.0 Å². The molecule has 0 radical (unpaired) electrons. The van der Waals surface area contributed by atoms with Gasteiger partial charge >= 0.3 is 5.97 Å². The lowest BCUT2D eigenvalue weighted by molar-refractivity contribution is -0.138. The summed E-state index contributed by atoms with van der Waals surface area (Å²) in [4.78, 5) is 23.8. The summed E-state index contributed by atoms with van der Waals surface area (Å²) in [6, 6.07) is 0. The molecule has 0 aromatic carbocycles. The molecule has 0 atom stereocenters. The second-order valence-electron chi connectivity index (χ2n) is 3.34. The smallest absolute Gasteiger partial charge is 0.305 e. The summed E-state index contributed by atoms with van der Waals surface area (Å²) in [5.74, 6) is -0.0275. The number of rotatable bonds is 9. The van der Waals surface area contributed by atoms with Crippen molar-refractivity contribution in [3.05, 3.63) is 12.7 Å². The first-order chi connectivity index (χ1) is 7.61. The van der Waals surface area contributed by atoms with Gasteiger partial charge in [0.1, 0.15) is 0 Å². The predicted octanol–water partition coefficient (Wildman–Crippen LogP) is 1.62. The van der Waals surface area contributed by atoms with E-state index in [-0.39, 0.29) is 12.3 Å². The van der Waals surface area contributed by atoms with E-state index in [2.05, 4.69) is 6.58 Å². The van der Waals surface area contributed by atoms with E-state index in [0.717, 1.165) is 5.75 Å². The molecule has 92 valence electrons. The van der Waals surface area contributed by atoms with Crippen LogP contribution >= 0.6 is 11.8 Å². The number of amides is 1. The number of allylic oxidation sites excluding steroid dienone is 1. The van der Waals surface area contributed by atoms with Gasteiger partial charge in [0.2, 0.25) is 5.91 Å². The number of hydrogen-bond donors (Lipinski definition) is 1. The molecule has 0 saturated heterocycles. The van der Waals surface area contributed by atoms with Crippen LogP contribution in [0.4, 0.5) is 0 Å². The topological polar surface area (TPSA) is 57.6 Å². The van der Waals surface area contributed by atoms with Crippen molar-refractivity contribution in [2.45, 2.75) is 19.3 Å². The molecular weight excluding hydrogens is 226 g/mol. The average Bonchev–Trinajstić information content (AvgIpc) is 2.25. The highest BCUT2D eigenvalue weighted by Crippen LogP contribution is 2.03. The Morgan fingerprint density at radius 2 is 2.06 bits per heavy atom. The van der Waals surface area contributed by atoms with Crippen molar-refractivity contribution in [3.63, 3.8) is 0 Å². The van der Waals surface area contributed by atoms with Gasteiger partial charge in [-0.2, -0.15) is 11.8 Å². The summed E-state index contributed by atoms with van der Waals surface area (Å²) < 4.78 is 0. The Kier molecular flexibility index (Phi) is 8.71. The number of carbonyl (C=O) groups is 2. The van der Waals surface area contributed by atoms with E-state index in [1.165, 1.54) is 0 Å². The van der Waals surface area contributed by atoms with Gasteiger partial charge in [-0.15, -0.1) is 6.58 Å². The highest BCUT2D eigenvalue weighted by Gasteiger charge is 2.13. The van der Waals surface area contributed by atoms with Crippen LogP contribution in [0.1, 0.15) is 19.3 Å². The Morgan fingerprint density at radius 3 is 2.56 bits per heavy atom. The van der Waals surface area contributed by atoms with E-state index >= 15 is 0 Å². The van der Waals surface area contributed by atoms with E-state index in [9.17, 15) is 9.59 Å². The Morgan fingerprint density at radius 1 is 1.38 bits per heavy atom. The van der Waals surface area contributed by atoms with E-state index in [1.807, 2.05) is 6.26 Å². The molecule has 4 nitrogen and oxygen atoms in total. The molecular formula is C11H19NO3S. The standard InChI is InChI=1S/C11H19NO3S/c1-3-4-5-10(13)12(8-9-16-2)7-6-11(14)15/h3H,1,4-9H2,2H3,(H,14,15). The molecule has 5 heteroatoms. The number of carboxylic acids is 1. The minimum absolute atomic E-state index is 0.00815. The Labute approximate surface area is 101 Å². The average molecular weight is 245 g/mol. The molecule has 0 rings (SSSR count). The van der Waals surface area contributed by atoms with E-state index in [1.54, 1.807) is 22.7 Å². The second kappa shape index (κ2) is 9.27. The number of hydrogen-bond acceptors (Lipinski definition) is 3. The summed E-state index contributed by atoms with van der Waals surface area (Å²) >= 11 is 1.64. The van der Waals surface area contributed by atoms with Gasteiger partial charge in [-0.3, -0.25) is 9.59 Å². The molecule has 0 unspecified atom stereocenters. The quantitative estimate of drug-likeness (QED) is 0.627. The summed E-state index contributed by atoms with van der Waals surface area (Å²) in [5, 5.41) is 8.59. The molecule has 0 aliphatic heterocycles. The van der Waals surface area contributed by atoms with Gasteiger partial charge in [-0.1, -0.05) is 6.08 Å². The minimum Gasteiger partial charge on any atom is -0.481 e. The van der Waals surface area contributed by atoms with Gasteiger partial charge in [0.25, 0.3) is 0 Å². The first-order valence-corrected chi connectivity index (χ1v) is 6.60. The summed E-state index contributed by atoms with van der Waals surface area (Å²) in [6.07, 6.45) is 4.72. The zero-order valence-corrected chi connectivity index (χ0v) is 10.5. The van der Waals surface area contributed by atoms with Crippen LogP contribution in [0.25, 0.3) is 0 Å². The van der Waals surface area contributed by atoms with Crippen molar-refractivity contribution in [1.29, 1.82) is 0 Å².